The van der Waals surface area contributed by atoms with Crippen LogP contribution >= 0.6 is 0 Å². The molecule has 0 saturated heterocycles. The fourth-order valence-corrected chi connectivity index (χ4v) is 2.34. The molecule has 3 nitrogen and oxygen atoms in total. The average molecular weight is 232 g/mol. The number of aromatic hydroxyl groups is 1. The number of nitrogens with two attached hydrogens (primary N) is 1. The molecule has 0 aliphatic rings. The summed E-state index contributed by atoms with van der Waals surface area (Å²) in [5, 5.41) is 11.2. The van der Waals surface area contributed by atoms with Crippen molar-refractivity contribution in [3.05, 3.63) is 29.5 Å². The number of phenols is 1. The first-order valence-electron chi connectivity index (χ1n) is 6.07. The SMILES string of the molecule is Cc1cc(O)c2c(c1)c(CCN)cn2C(C)C. The number of aromatic nitrogens is 1. The Morgan fingerprint density at radius 1 is 1.35 bits per heavy atom. The van der Waals surface area contributed by atoms with Crippen molar-refractivity contribution in [2.45, 2.75) is 33.2 Å². The first-order valence-corrected chi connectivity index (χ1v) is 6.07. The number of nitrogens with zero attached hydrogens (tertiary/aromatic N) is 1. The summed E-state index contributed by atoms with van der Waals surface area (Å²) >= 11 is 0. The maximum Gasteiger partial charge on any atom is 0.140 e. The standard InChI is InChI=1S/C14H20N2O/c1-9(2)16-8-11(4-5-15)12-6-10(3)7-13(17)14(12)16/h6-9,17H,4-5,15H2,1-3H3. The van der Waals surface area contributed by atoms with Gasteiger partial charge in [0.05, 0.1) is 5.52 Å². The molecule has 0 spiro atoms. The normalized spacial score (nSPS) is 11.6. The fourth-order valence-electron chi connectivity index (χ4n) is 2.34. The summed E-state index contributed by atoms with van der Waals surface area (Å²) in [5.41, 5.74) is 8.86. The first-order chi connectivity index (χ1) is 8.04. The van der Waals surface area contributed by atoms with Crippen molar-refractivity contribution in [2.24, 2.45) is 5.73 Å². The summed E-state index contributed by atoms with van der Waals surface area (Å²) < 4.78 is 2.12. The van der Waals surface area contributed by atoms with Crippen LogP contribution in [0, 0.1) is 6.92 Å². The topological polar surface area (TPSA) is 51.2 Å². The number of hydrogen-bond donors (Lipinski definition) is 2. The van der Waals surface area contributed by atoms with Gasteiger partial charge in [-0.25, -0.2) is 0 Å². The molecule has 0 unspecified atom stereocenters. The molecule has 0 aliphatic carbocycles. The van der Waals surface area contributed by atoms with Crippen LogP contribution in [0.4, 0.5) is 0 Å². The molecule has 3 heteroatoms. The summed E-state index contributed by atoms with van der Waals surface area (Å²) in [6, 6.07) is 4.27. The van der Waals surface area contributed by atoms with Gasteiger partial charge < -0.3 is 15.4 Å². The molecular formula is C14H20N2O. The minimum atomic E-state index is 0.331. The van der Waals surface area contributed by atoms with Gasteiger partial charge in [0.25, 0.3) is 0 Å². The lowest BCUT2D eigenvalue weighted by molar-refractivity contribution is 0.474. The van der Waals surface area contributed by atoms with E-state index in [4.69, 9.17) is 5.73 Å². The van der Waals surface area contributed by atoms with E-state index in [0.717, 1.165) is 22.9 Å². The Morgan fingerprint density at radius 3 is 2.65 bits per heavy atom. The molecule has 2 rings (SSSR count). The lowest BCUT2D eigenvalue weighted by atomic mass is 10.1. The molecule has 17 heavy (non-hydrogen) atoms. The van der Waals surface area contributed by atoms with Crippen molar-refractivity contribution in [3.63, 3.8) is 0 Å². The average Bonchev–Trinajstić information content (AvgIpc) is 2.58. The van der Waals surface area contributed by atoms with Crippen LogP contribution in [-0.4, -0.2) is 16.2 Å². The predicted octanol–water partition coefficient (Wildman–Crippen LogP) is 2.74. The quantitative estimate of drug-likeness (QED) is 0.855. The lowest BCUT2D eigenvalue weighted by Gasteiger charge is -2.10. The Balaban J connectivity index is 2.76. The molecule has 0 radical (unpaired) electrons. The summed E-state index contributed by atoms with van der Waals surface area (Å²) in [5.74, 6) is 0.358. The Kier molecular flexibility index (Phi) is 3.11. The third kappa shape index (κ3) is 2.03. The van der Waals surface area contributed by atoms with E-state index < -0.39 is 0 Å². The number of benzene rings is 1. The number of hydrogen-bond acceptors (Lipinski definition) is 2. The van der Waals surface area contributed by atoms with Gasteiger partial charge in [-0.2, -0.15) is 0 Å². The van der Waals surface area contributed by atoms with Crippen LogP contribution in [0.3, 0.4) is 0 Å². The molecule has 0 saturated carbocycles. The minimum absolute atomic E-state index is 0.331. The predicted molar refractivity (Wildman–Crippen MR) is 71.5 cm³/mol. The zero-order valence-electron chi connectivity index (χ0n) is 10.7. The second-order valence-electron chi connectivity index (χ2n) is 4.87. The summed E-state index contributed by atoms with van der Waals surface area (Å²) in [6.45, 7) is 6.86. The summed E-state index contributed by atoms with van der Waals surface area (Å²) in [4.78, 5) is 0. The van der Waals surface area contributed by atoms with Crippen molar-refractivity contribution in [2.75, 3.05) is 6.54 Å². The third-order valence-corrected chi connectivity index (χ3v) is 3.10. The van der Waals surface area contributed by atoms with Crippen molar-refractivity contribution >= 4 is 10.9 Å². The van der Waals surface area contributed by atoms with Crippen LogP contribution in [0.1, 0.15) is 31.0 Å². The molecule has 0 bridgehead atoms. The number of phenolic OH excluding ortho intramolecular Hbond substituents is 1. The van der Waals surface area contributed by atoms with E-state index in [1.165, 1.54) is 5.56 Å². The highest BCUT2D eigenvalue weighted by atomic mass is 16.3. The zero-order chi connectivity index (χ0) is 12.6. The molecular weight excluding hydrogens is 212 g/mol. The van der Waals surface area contributed by atoms with Crippen molar-refractivity contribution in [1.29, 1.82) is 0 Å². The molecule has 0 amide bonds. The lowest BCUT2D eigenvalue weighted by Crippen LogP contribution is -2.02. The van der Waals surface area contributed by atoms with E-state index in [2.05, 4.69) is 30.7 Å². The molecule has 1 aromatic heterocycles. The van der Waals surface area contributed by atoms with Crippen LogP contribution in [0.25, 0.3) is 10.9 Å². The largest absolute Gasteiger partial charge is 0.506 e. The molecule has 2 aromatic rings. The molecule has 0 atom stereocenters. The van der Waals surface area contributed by atoms with Crippen LogP contribution in [0.2, 0.25) is 0 Å². The van der Waals surface area contributed by atoms with E-state index in [0.29, 0.717) is 18.3 Å². The van der Waals surface area contributed by atoms with Crippen molar-refractivity contribution < 1.29 is 5.11 Å². The van der Waals surface area contributed by atoms with Crippen molar-refractivity contribution in [3.8, 4) is 5.75 Å². The van der Waals surface area contributed by atoms with E-state index in [1.54, 1.807) is 0 Å². The molecule has 3 N–H and O–H groups in total. The van der Waals surface area contributed by atoms with E-state index in [1.807, 2.05) is 13.0 Å². The summed E-state index contributed by atoms with van der Waals surface area (Å²) in [6.07, 6.45) is 2.96. The molecule has 0 fully saturated rings. The Labute approximate surface area is 102 Å². The van der Waals surface area contributed by atoms with Gasteiger partial charge in [0.2, 0.25) is 0 Å². The monoisotopic (exact) mass is 232 g/mol. The number of rotatable bonds is 3. The van der Waals surface area contributed by atoms with Crippen LogP contribution in [-0.2, 0) is 6.42 Å². The van der Waals surface area contributed by atoms with Gasteiger partial charge in [-0.05, 0) is 57.0 Å². The second kappa shape index (κ2) is 4.41. The number of aryl methyl sites for hydroxylation is 1. The first kappa shape index (κ1) is 12.0. The Bertz CT molecular complexity index is 541. The Hall–Kier alpha value is -1.48. The smallest absolute Gasteiger partial charge is 0.140 e. The maximum absolute atomic E-state index is 10.1. The number of fused-ring (bicyclic) bond motifs is 1. The van der Waals surface area contributed by atoms with Gasteiger partial charge in [0, 0.05) is 17.6 Å². The second-order valence-corrected chi connectivity index (χ2v) is 4.87. The van der Waals surface area contributed by atoms with Crippen LogP contribution < -0.4 is 5.73 Å². The highest BCUT2D eigenvalue weighted by Gasteiger charge is 2.14. The fraction of sp³-hybridized carbons (Fsp3) is 0.429. The third-order valence-electron chi connectivity index (χ3n) is 3.10. The molecule has 1 aromatic carbocycles. The highest BCUT2D eigenvalue weighted by molar-refractivity contribution is 5.89. The van der Waals surface area contributed by atoms with Gasteiger partial charge in [0.15, 0.2) is 0 Å². The van der Waals surface area contributed by atoms with Gasteiger partial charge in [-0.1, -0.05) is 0 Å². The van der Waals surface area contributed by atoms with Gasteiger partial charge in [-0.15, -0.1) is 0 Å². The molecule has 92 valence electrons. The van der Waals surface area contributed by atoms with Crippen LogP contribution in [0.15, 0.2) is 18.3 Å². The van der Waals surface area contributed by atoms with E-state index in [-0.39, 0.29) is 0 Å². The minimum Gasteiger partial charge on any atom is -0.506 e. The van der Waals surface area contributed by atoms with E-state index >= 15 is 0 Å². The van der Waals surface area contributed by atoms with Gasteiger partial charge in [0.1, 0.15) is 5.75 Å². The zero-order valence-corrected chi connectivity index (χ0v) is 10.7. The maximum atomic E-state index is 10.1. The van der Waals surface area contributed by atoms with Gasteiger partial charge in [-0.3, -0.25) is 0 Å². The molecule has 0 aliphatic heterocycles. The molecule has 1 heterocycles. The summed E-state index contributed by atoms with van der Waals surface area (Å²) in [7, 11) is 0. The Morgan fingerprint density at radius 2 is 2.06 bits per heavy atom. The van der Waals surface area contributed by atoms with Gasteiger partial charge >= 0.3 is 0 Å². The highest BCUT2D eigenvalue weighted by Crippen LogP contribution is 2.32. The van der Waals surface area contributed by atoms with Crippen molar-refractivity contribution in [1.82, 2.24) is 4.57 Å². The van der Waals surface area contributed by atoms with E-state index in [9.17, 15) is 5.11 Å². The van der Waals surface area contributed by atoms with Crippen LogP contribution in [0.5, 0.6) is 5.75 Å².